The molecule has 1 fully saturated rings. The van der Waals surface area contributed by atoms with Crippen molar-refractivity contribution in [1.82, 2.24) is 15.0 Å². The third kappa shape index (κ3) is 2.93. The summed E-state index contributed by atoms with van der Waals surface area (Å²) in [5.74, 6) is 0.837. The number of aryl methyl sites for hydroxylation is 1. The standard InChI is InChI=1S/C13H21N3O/c1-2-16-13(12(10-17)14-15-16)9-8-11-6-4-3-5-7-11/h10-11H,2-9H2,1H3. The quantitative estimate of drug-likeness (QED) is 0.737. The van der Waals surface area contributed by atoms with Gasteiger partial charge in [0.05, 0.1) is 5.69 Å². The SMILES string of the molecule is CCn1nnc(C=O)c1CCC1CCCCC1. The fourth-order valence-electron chi connectivity index (χ4n) is 2.77. The maximum absolute atomic E-state index is 10.9. The summed E-state index contributed by atoms with van der Waals surface area (Å²) >= 11 is 0. The summed E-state index contributed by atoms with van der Waals surface area (Å²) in [7, 11) is 0. The van der Waals surface area contributed by atoms with Crippen LogP contribution in [0, 0.1) is 5.92 Å². The number of carbonyl (C=O) groups is 1. The van der Waals surface area contributed by atoms with Gasteiger partial charge < -0.3 is 0 Å². The molecule has 17 heavy (non-hydrogen) atoms. The van der Waals surface area contributed by atoms with Gasteiger partial charge in [-0.3, -0.25) is 4.79 Å². The minimum Gasteiger partial charge on any atom is -0.296 e. The van der Waals surface area contributed by atoms with Gasteiger partial charge in [0.25, 0.3) is 0 Å². The molecular weight excluding hydrogens is 214 g/mol. The molecule has 94 valence electrons. The first-order chi connectivity index (χ1) is 8.35. The molecule has 0 bridgehead atoms. The predicted molar refractivity (Wildman–Crippen MR) is 66.0 cm³/mol. The van der Waals surface area contributed by atoms with Crippen molar-refractivity contribution in [2.75, 3.05) is 0 Å². The summed E-state index contributed by atoms with van der Waals surface area (Å²) in [6.45, 7) is 2.83. The number of carbonyl (C=O) groups excluding carboxylic acids is 1. The van der Waals surface area contributed by atoms with Crippen LogP contribution in [0.5, 0.6) is 0 Å². The summed E-state index contributed by atoms with van der Waals surface area (Å²) in [5, 5.41) is 7.92. The topological polar surface area (TPSA) is 47.8 Å². The van der Waals surface area contributed by atoms with E-state index in [9.17, 15) is 4.79 Å². The Morgan fingerprint density at radius 2 is 2.12 bits per heavy atom. The molecule has 0 saturated heterocycles. The molecule has 0 unspecified atom stereocenters. The predicted octanol–water partition coefficient (Wildman–Crippen LogP) is 2.62. The van der Waals surface area contributed by atoms with Crippen molar-refractivity contribution in [2.45, 2.75) is 58.4 Å². The Morgan fingerprint density at radius 1 is 1.35 bits per heavy atom. The van der Waals surface area contributed by atoms with Crippen molar-refractivity contribution in [3.63, 3.8) is 0 Å². The van der Waals surface area contributed by atoms with Crippen molar-refractivity contribution in [1.29, 1.82) is 0 Å². The van der Waals surface area contributed by atoms with Crippen LogP contribution in [-0.2, 0) is 13.0 Å². The highest BCUT2D eigenvalue weighted by Crippen LogP contribution is 2.27. The van der Waals surface area contributed by atoms with Crippen LogP contribution in [0.15, 0.2) is 0 Å². The zero-order chi connectivity index (χ0) is 12.1. The molecule has 0 aromatic carbocycles. The molecular formula is C13H21N3O. The van der Waals surface area contributed by atoms with Crippen LogP contribution in [0.2, 0.25) is 0 Å². The van der Waals surface area contributed by atoms with Crippen molar-refractivity contribution in [2.24, 2.45) is 5.92 Å². The van der Waals surface area contributed by atoms with E-state index in [1.807, 2.05) is 11.6 Å². The van der Waals surface area contributed by atoms with Crippen LogP contribution in [0.1, 0.15) is 61.6 Å². The van der Waals surface area contributed by atoms with Crippen LogP contribution in [-0.4, -0.2) is 21.3 Å². The monoisotopic (exact) mass is 235 g/mol. The second-order valence-corrected chi connectivity index (χ2v) is 4.90. The number of nitrogens with zero attached hydrogens (tertiary/aromatic N) is 3. The van der Waals surface area contributed by atoms with Crippen LogP contribution < -0.4 is 0 Å². The molecule has 4 nitrogen and oxygen atoms in total. The molecule has 1 aliphatic carbocycles. The molecule has 0 atom stereocenters. The van der Waals surface area contributed by atoms with Gasteiger partial charge in [0, 0.05) is 6.54 Å². The van der Waals surface area contributed by atoms with Crippen LogP contribution in [0.25, 0.3) is 0 Å². The number of rotatable bonds is 5. The second kappa shape index (κ2) is 5.94. The highest BCUT2D eigenvalue weighted by Gasteiger charge is 2.16. The molecule has 2 rings (SSSR count). The first kappa shape index (κ1) is 12.3. The van der Waals surface area contributed by atoms with Gasteiger partial charge in [-0.25, -0.2) is 4.68 Å². The summed E-state index contributed by atoms with van der Waals surface area (Å²) in [5.41, 5.74) is 1.55. The van der Waals surface area contributed by atoms with E-state index in [-0.39, 0.29) is 0 Å². The summed E-state index contributed by atoms with van der Waals surface area (Å²) in [6.07, 6.45) is 9.79. The van der Waals surface area contributed by atoms with Crippen molar-refractivity contribution in [3.8, 4) is 0 Å². The number of hydrogen-bond donors (Lipinski definition) is 0. The van der Waals surface area contributed by atoms with Crippen molar-refractivity contribution >= 4 is 6.29 Å². The molecule has 4 heteroatoms. The van der Waals surface area contributed by atoms with Crippen molar-refractivity contribution in [3.05, 3.63) is 11.4 Å². The van der Waals surface area contributed by atoms with E-state index >= 15 is 0 Å². The van der Waals surface area contributed by atoms with Gasteiger partial charge in [-0.05, 0) is 25.7 Å². The Kier molecular flexibility index (Phi) is 4.29. The highest BCUT2D eigenvalue weighted by molar-refractivity contribution is 5.73. The largest absolute Gasteiger partial charge is 0.296 e. The average Bonchev–Trinajstić information content (AvgIpc) is 2.79. The van der Waals surface area contributed by atoms with Crippen LogP contribution in [0.4, 0.5) is 0 Å². The van der Waals surface area contributed by atoms with Crippen LogP contribution in [0.3, 0.4) is 0 Å². The Balaban J connectivity index is 1.96. The van der Waals surface area contributed by atoms with Gasteiger partial charge >= 0.3 is 0 Å². The smallest absolute Gasteiger partial charge is 0.172 e. The Labute approximate surface area is 102 Å². The molecule has 0 N–H and O–H groups in total. The molecule has 1 aliphatic rings. The van der Waals surface area contributed by atoms with E-state index in [0.717, 1.165) is 30.9 Å². The molecule has 0 aliphatic heterocycles. The van der Waals surface area contributed by atoms with E-state index in [4.69, 9.17) is 0 Å². The fraction of sp³-hybridized carbons (Fsp3) is 0.769. The van der Waals surface area contributed by atoms with E-state index in [2.05, 4.69) is 10.3 Å². The van der Waals surface area contributed by atoms with E-state index in [0.29, 0.717) is 5.69 Å². The van der Waals surface area contributed by atoms with Gasteiger partial charge in [0.1, 0.15) is 5.69 Å². The lowest BCUT2D eigenvalue weighted by atomic mass is 9.85. The molecule has 1 saturated carbocycles. The number of hydrogen-bond acceptors (Lipinski definition) is 3. The van der Waals surface area contributed by atoms with E-state index in [1.54, 1.807) is 0 Å². The van der Waals surface area contributed by atoms with Crippen molar-refractivity contribution < 1.29 is 4.79 Å². The lowest BCUT2D eigenvalue weighted by Crippen LogP contribution is -2.10. The second-order valence-electron chi connectivity index (χ2n) is 4.90. The molecule has 0 spiro atoms. The van der Waals surface area contributed by atoms with Gasteiger partial charge in [-0.2, -0.15) is 0 Å². The normalized spacial score (nSPS) is 17.2. The zero-order valence-electron chi connectivity index (χ0n) is 10.6. The first-order valence-electron chi connectivity index (χ1n) is 6.72. The van der Waals surface area contributed by atoms with Gasteiger partial charge in [0.15, 0.2) is 6.29 Å². The highest BCUT2D eigenvalue weighted by atomic mass is 16.1. The van der Waals surface area contributed by atoms with Crippen LogP contribution >= 0.6 is 0 Å². The number of aromatic nitrogens is 3. The third-order valence-corrected chi connectivity index (χ3v) is 3.79. The van der Waals surface area contributed by atoms with Gasteiger partial charge in [-0.1, -0.05) is 37.3 Å². The maximum atomic E-state index is 10.9. The Bertz CT molecular complexity index is 367. The molecule has 1 aromatic heterocycles. The Morgan fingerprint density at radius 3 is 2.76 bits per heavy atom. The minimum atomic E-state index is 0.530. The zero-order valence-corrected chi connectivity index (χ0v) is 10.6. The summed E-state index contributed by atoms with van der Waals surface area (Å²) < 4.78 is 1.85. The fourth-order valence-corrected chi connectivity index (χ4v) is 2.77. The maximum Gasteiger partial charge on any atom is 0.172 e. The average molecular weight is 235 g/mol. The third-order valence-electron chi connectivity index (χ3n) is 3.79. The molecule has 1 aromatic rings. The molecule has 0 amide bonds. The van der Waals surface area contributed by atoms with Gasteiger partial charge in [-0.15, -0.1) is 5.10 Å². The lowest BCUT2D eigenvalue weighted by Gasteiger charge is -2.21. The van der Waals surface area contributed by atoms with Gasteiger partial charge in [0.2, 0.25) is 0 Å². The van der Waals surface area contributed by atoms with E-state index in [1.165, 1.54) is 38.5 Å². The lowest BCUT2D eigenvalue weighted by molar-refractivity contribution is 0.111. The summed E-state index contributed by atoms with van der Waals surface area (Å²) in [6, 6.07) is 0. The number of aldehydes is 1. The molecule has 0 radical (unpaired) electrons. The minimum absolute atomic E-state index is 0.530. The Hall–Kier alpha value is -1.19. The van der Waals surface area contributed by atoms with E-state index < -0.39 is 0 Å². The molecule has 1 heterocycles. The first-order valence-corrected chi connectivity index (χ1v) is 6.72. The summed E-state index contributed by atoms with van der Waals surface area (Å²) in [4.78, 5) is 10.9.